The number of sulfonamides is 1. The maximum atomic E-state index is 15.6. The van der Waals surface area contributed by atoms with Crippen LogP contribution in [0.1, 0.15) is 75.2 Å². The highest BCUT2D eigenvalue weighted by Crippen LogP contribution is 2.35. The van der Waals surface area contributed by atoms with E-state index in [4.69, 9.17) is 19.9 Å². The standard InChI is InChI=1S/C53H58FN9O11S/c54-43-31-38(12-14-39(43)35-29-42(49(55)59-32-35)33-11-13-40-34(28-33)17-20-58-50(40)66)75(70,71)62-37-7-3-6-36(30-37)60-46(64)10-1-2-18-56-19-5-22-72-24-26-74-27-25-73-23-21-57-44-9-4-8-41-48(44)53(69)63(52(41)68)45-15-16-47(65)61-51(45)67/h3-4,6-9,11-14,28-32,45,56-57,62H,1-2,5,10,15-27H2,(H2,55,59)(H,58,66)(H,60,64)(H,61,65,67). The largest absolute Gasteiger partial charge is 0.383 e. The highest BCUT2D eigenvalue weighted by atomic mass is 32.2. The van der Waals surface area contributed by atoms with E-state index < -0.39 is 45.5 Å². The van der Waals surface area contributed by atoms with Gasteiger partial charge in [0.25, 0.3) is 27.7 Å². The number of benzene rings is 4. The molecule has 1 atom stereocenters. The van der Waals surface area contributed by atoms with Crippen molar-refractivity contribution in [1.29, 1.82) is 0 Å². The lowest BCUT2D eigenvalue weighted by Crippen LogP contribution is -2.54. The summed E-state index contributed by atoms with van der Waals surface area (Å²) < 4.78 is 61.7. The molecule has 1 fully saturated rings. The number of halogens is 1. The first-order valence-electron chi connectivity index (χ1n) is 24.7. The highest BCUT2D eigenvalue weighted by molar-refractivity contribution is 7.92. The Labute approximate surface area is 432 Å². The second-order valence-electron chi connectivity index (χ2n) is 17.9. The van der Waals surface area contributed by atoms with Crippen molar-refractivity contribution in [3.63, 3.8) is 0 Å². The van der Waals surface area contributed by atoms with Crippen molar-refractivity contribution in [1.82, 2.24) is 25.8 Å². The highest BCUT2D eigenvalue weighted by Gasteiger charge is 2.45. The molecule has 8 N–H and O–H groups in total. The Bertz CT molecular complexity index is 3090. The number of amides is 6. The molecule has 0 radical (unpaired) electrons. The predicted molar refractivity (Wildman–Crippen MR) is 277 cm³/mol. The van der Waals surface area contributed by atoms with E-state index in [1.54, 1.807) is 42.5 Å². The van der Waals surface area contributed by atoms with Crippen LogP contribution in [0.25, 0.3) is 22.3 Å². The zero-order valence-electron chi connectivity index (χ0n) is 41.0. The van der Waals surface area contributed by atoms with Crippen molar-refractivity contribution in [3.8, 4) is 22.3 Å². The van der Waals surface area contributed by atoms with E-state index in [-0.39, 0.29) is 64.2 Å². The Balaban J connectivity index is 0.653. The zero-order chi connectivity index (χ0) is 52.9. The van der Waals surface area contributed by atoms with Gasteiger partial charge < -0.3 is 41.2 Å². The molecule has 1 unspecified atom stereocenters. The molecule has 0 bridgehead atoms. The Morgan fingerprint density at radius 2 is 1.49 bits per heavy atom. The number of piperidine rings is 1. The van der Waals surface area contributed by atoms with Gasteiger partial charge in [0.15, 0.2) is 0 Å². The molecule has 75 heavy (non-hydrogen) atoms. The van der Waals surface area contributed by atoms with Crippen LogP contribution in [-0.4, -0.2) is 126 Å². The topological polar surface area (TPSA) is 279 Å². The van der Waals surface area contributed by atoms with Gasteiger partial charge >= 0.3 is 0 Å². The van der Waals surface area contributed by atoms with Crippen LogP contribution in [0, 0.1) is 5.82 Å². The van der Waals surface area contributed by atoms with Gasteiger partial charge in [-0.15, -0.1) is 0 Å². The van der Waals surface area contributed by atoms with Crippen LogP contribution in [0.5, 0.6) is 0 Å². The first-order valence-corrected chi connectivity index (χ1v) is 26.2. The van der Waals surface area contributed by atoms with E-state index >= 15 is 4.39 Å². The maximum Gasteiger partial charge on any atom is 0.264 e. The zero-order valence-corrected chi connectivity index (χ0v) is 41.8. The Hall–Kier alpha value is -7.63. The molecule has 3 aliphatic rings. The summed E-state index contributed by atoms with van der Waals surface area (Å²) in [7, 11) is -4.23. The summed E-state index contributed by atoms with van der Waals surface area (Å²) >= 11 is 0. The number of ether oxygens (including phenoxy) is 3. The molecule has 20 nitrogen and oxygen atoms in total. The number of nitrogen functional groups attached to an aromatic ring is 1. The lowest BCUT2D eigenvalue weighted by atomic mass is 9.94. The average Bonchev–Trinajstić information content (AvgIpc) is 3.64. The molecule has 4 heterocycles. The van der Waals surface area contributed by atoms with Gasteiger partial charge in [0.2, 0.25) is 17.7 Å². The van der Waals surface area contributed by atoms with Crippen molar-refractivity contribution in [3.05, 3.63) is 119 Å². The molecule has 1 saturated heterocycles. The van der Waals surface area contributed by atoms with E-state index in [1.165, 1.54) is 36.5 Å². The molecule has 1 aromatic heterocycles. The molecular weight excluding hydrogens is 990 g/mol. The summed E-state index contributed by atoms with van der Waals surface area (Å²) in [5, 5.41) is 14.3. The fraction of sp³-hybridized carbons (Fsp3) is 0.340. The minimum Gasteiger partial charge on any atom is -0.383 e. The molecule has 22 heteroatoms. The van der Waals surface area contributed by atoms with Gasteiger partial charge in [-0.25, -0.2) is 17.8 Å². The lowest BCUT2D eigenvalue weighted by Gasteiger charge is -2.27. The third-order valence-electron chi connectivity index (χ3n) is 12.6. The summed E-state index contributed by atoms with van der Waals surface area (Å²) in [5.74, 6) is -3.17. The molecule has 0 aliphatic carbocycles. The van der Waals surface area contributed by atoms with E-state index in [0.717, 1.165) is 35.9 Å². The van der Waals surface area contributed by atoms with E-state index in [9.17, 15) is 37.2 Å². The number of aromatic nitrogens is 1. The van der Waals surface area contributed by atoms with Gasteiger partial charge in [-0.2, -0.15) is 0 Å². The van der Waals surface area contributed by atoms with Gasteiger partial charge in [-0.05, 0) is 111 Å². The number of anilines is 4. The Morgan fingerprint density at radius 3 is 2.29 bits per heavy atom. The first-order chi connectivity index (χ1) is 36.3. The predicted octanol–water partition coefficient (Wildman–Crippen LogP) is 4.88. The number of unbranched alkanes of at least 4 members (excludes halogenated alkanes) is 1. The second-order valence-corrected chi connectivity index (χ2v) is 19.6. The molecule has 0 spiro atoms. The summed E-state index contributed by atoms with van der Waals surface area (Å²) in [6, 6.07) is 20.7. The number of carbonyl (C=O) groups is 6. The summed E-state index contributed by atoms with van der Waals surface area (Å²) in [5.41, 5.74) is 10.9. The third-order valence-corrected chi connectivity index (χ3v) is 14.0. The maximum absolute atomic E-state index is 15.6. The van der Waals surface area contributed by atoms with Gasteiger partial charge in [0.05, 0.1) is 54.7 Å². The number of fused-ring (bicyclic) bond motifs is 2. The van der Waals surface area contributed by atoms with Crippen LogP contribution in [-0.2, 0) is 45.0 Å². The van der Waals surface area contributed by atoms with Gasteiger partial charge in [-0.1, -0.05) is 30.3 Å². The molecule has 0 saturated carbocycles. The van der Waals surface area contributed by atoms with Gasteiger partial charge in [0.1, 0.15) is 17.7 Å². The fourth-order valence-corrected chi connectivity index (χ4v) is 9.93. The summed E-state index contributed by atoms with van der Waals surface area (Å²) in [6.45, 7) is 4.73. The van der Waals surface area contributed by atoms with Crippen LogP contribution in [0.3, 0.4) is 0 Å². The minimum absolute atomic E-state index is 0.0470. The molecule has 5 aromatic rings. The van der Waals surface area contributed by atoms with Crippen LogP contribution in [0.2, 0.25) is 0 Å². The molecule has 394 valence electrons. The molecule has 8 rings (SSSR count). The third kappa shape index (κ3) is 13.6. The van der Waals surface area contributed by atoms with Gasteiger partial charge in [-0.3, -0.25) is 43.7 Å². The molecule has 6 amide bonds. The Morgan fingerprint density at radius 1 is 0.747 bits per heavy atom. The van der Waals surface area contributed by atoms with Crippen LogP contribution in [0.15, 0.2) is 96.0 Å². The van der Waals surface area contributed by atoms with Crippen LogP contribution in [0.4, 0.5) is 27.3 Å². The number of nitrogens with zero attached hydrogens (tertiary/aromatic N) is 2. The lowest BCUT2D eigenvalue weighted by molar-refractivity contribution is -0.136. The number of hydrogen-bond acceptors (Lipinski definition) is 15. The van der Waals surface area contributed by atoms with Crippen molar-refractivity contribution in [2.24, 2.45) is 0 Å². The number of carbonyl (C=O) groups excluding carboxylic acids is 6. The fourth-order valence-electron chi connectivity index (χ4n) is 8.87. The first kappa shape index (κ1) is 53.7. The number of pyridine rings is 1. The van der Waals surface area contributed by atoms with Gasteiger partial charge in [0, 0.05) is 72.4 Å². The normalized spacial score (nSPS) is 15.3. The van der Waals surface area contributed by atoms with Crippen molar-refractivity contribution in [2.75, 3.05) is 86.9 Å². The minimum atomic E-state index is -4.23. The number of hydrogen-bond donors (Lipinski definition) is 7. The van der Waals surface area contributed by atoms with Crippen LogP contribution < -0.4 is 37.0 Å². The number of nitrogens with two attached hydrogens (primary N) is 1. The van der Waals surface area contributed by atoms with E-state index in [2.05, 4.69) is 36.3 Å². The monoisotopic (exact) mass is 1050 g/mol. The van der Waals surface area contributed by atoms with E-state index in [0.29, 0.717) is 106 Å². The molecular formula is C53H58FN9O11S. The smallest absolute Gasteiger partial charge is 0.264 e. The molecule has 3 aliphatic heterocycles. The summed E-state index contributed by atoms with van der Waals surface area (Å²) in [6.07, 6.45) is 4.66. The van der Waals surface area contributed by atoms with E-state index in [1.807, 2.05) is 6.07 Å². The van der Waals surface area contributed by atoms with Crippen molar-refractivity contribution < 1.29 is 55.8 Å². The average molecular weight is 1050 g/mol. The van der Waals surface area contributed by atoms with Crippen LogP contribution >= 0.6 is 0 Å². The molecule has 4 aromatic carbocycles. The number of imide groups is 2. The van der Waals surface area contributed by atoms with Crippen molar-refractivity contribution >= 4 is 68.3 Å². The van der Waals surface area contributed by atoms with Crippen molar-refractivity contribution in [2.45, 2.75) is 55.9 Å². The summed E-state index contributed by atoms with van der Waals surface area (Å²) in [4.78, 5) is 80.0. The Kier molecular flexibility index (Phi) is 17.9. The number of nitrogens with one attached hydrogen (secondary N) is 6. The SMILES string of the molecule is Nc1ncc(-c2ccc(S(=O)(=O)Nc3cccc(NC(=O)CCCCNCCCOCCOCCOCCNc4cccc5c4C(=O)N(C4CCC(=O)NC4=O)C5=O)c3)cc2F)cc1-c1ccc2c(c1)CCNC2=O. The second kappa shape index (κ2) is 25.1. The quantitative estimate of drug-likeness (QED) is 0.0287. The number of rotatable bonds is 26.